The summed E-state index contributed by atoms with van der Waals surface area (Å²) >= 11 is 0. The lowest BCUT2D eigenvalue weighted by Crippen LogP contribution is -2.33. The molecule has 2 aromatic carbocycles. The molecule has 0 bridgehead atoms. The molecule has 3 rings (SSSR count). The molecule has 0 aliphatic heterocycles. The van der Waals surface area contributed by atoms with Crippen LogP contribution in [0.1, 0.15) is 27.7 Å². The lowest BCUT2D eigenvalue weighted by atomic mass is 9.99. The first kappa shape index (κ1) is 18.3. The van der Waals surface area contributed by atoms with Gasteiger partial charge in [-0.05, 0) is 17.2 Å². The smallest absolute Gasteiger partial charge is 0.395 e. The monoisotopic (exact) mass is 365 g/mol. The minimum Gasteiger partial charge on any atom is -0.395 e. The third-order valence-electron chi connectivity index (χ3n) is 4.02. The van der Waals surface area contributed by atoms with E-state index >= 15 is 0 Å². The normalized spacial score (nSPS) is 10.7. The highest BCUT2D eigenvalue weighted by Crippen LogP contribution is 2.21. The third-order valence-corrected chi connectivity index (χ3v) is 4.02. The highest BCUT2D eigenvalue weighted by Gasteiger charge is 2.17. The summed E-state index contributed by atoms with van der Waals surface area (Å²) in [5.41, 5.74) is 2.24. The molecule has 0 unspecified atom stereocenters. The zero-order valence-electron chi connectivity index (χ0n) is 14.5. The molecule has 0 saturated carbocycles. The first-order valence-electron chi connectivity index (χ1n) is 8.51. The quantitative estimate of drug-likeness (QED) is 0.363. The zero-order valence-corrected chi connectivity index (χ0v) is 14.5. The molecule has 1 aromatic heterocycles. The summed E-state index contributed by atoms with van der Waals surface area (Å²) in [6.07, 6.45) is 0. The topological polar surface area (TPSA) is 97.4 Å². The SMILES string of the molecule is O=C(NCCNC(c1ccccc1)c1ccccc1)c1ccc([N+](=O)[O-])o1. The van der Waals surface area contributed by atoms with E-state index in [1.54, 1.807) is 0 Å². The fourth-order valence-corrected chi connectivity index (χ4v) is 2.75. The first-order chi connectivity index (χ1) is 13.1. The van der Waals surface area contributed by atoms with E-state index in [-0.39, 0.29) is 11.8 Å². The Kier molecular flexibility index (Phi) is 5.96. The fraction of sp³-hybridized carbons (Fsp3) is 0.150. The number of nitrogens with one attached hydrogen (secondary N) is 2. The number of nitrogens with zero attached hydrogens (tertiary/aromatic N) is 1. The third kappa shape index (κ3) is 4.80. The Labute approximate surface area is 156 Å². The summed E-state index contributed by atoms with van der Waals surface area (Å²) in [5.74, 6) is -1.02. The maximum absolute atomic E-state index is 12.0. The van der Waals surface area contributed by atoms with Crippen LogP contribution in [0.3, 0.4) is 0 Å². The van der Waals surface area contributed by atoms with Crippen molar-refractivity contribution in [2.45, 2.75) is 6.04 Å². The second-order valence-corrected chi connectivity index (χ2v) is 5.86. The van der Waals surface area contributed by atoms with E-state index in [0.717, 1.165) is 17.2 Å². The minimum absolute atomic E-state index is 0.00555. The molecule has 2 N–H and O–H groups in total. The molecule has 0 saturated heterocycles. The van der Waals surface area contributed by atoms with Gasteiger partial charge in [-0.1, -0.05) is 60.7 Å². The molecular formula is C20H19N3O4. The van der Waals surface area contributed by atoms with Crippen molar-refractivity contribution in [2.75, 3.05) is 13.1 Å². The number of benzene rings is 2. The van der Waals surface area contributed by atoms with E-state index in [1.165, 1.54) is 6.07 Å². The molecule has 1 heterocycles. The average molecular weight is 365 g/mol. The Morgan fingerprint density at radius 1 is 0.926 bits per heavy atom. The Bertz CT molecular complexity index is 854. The maximum atomic E-state index is 12.0. The van der Waals surface area contributed by atoms with Gasteiger partial charge in [0.2, 0.25) is 0 Å². The van der Waals surface area contributed by atoms with Crippen LogP contribution in [0.25, 0.3) is 0 Å². The molecule has 138 valence electrons. The number of rotatable bonds is 8. The van der Waals surface area contributed by atoms with Crippen molar-refractivity contribution >= 4 is 11.8 Å². The van der Waals surface area contributed by atoms with Crippen molar-refractivity contribution in [1.82, 2.24) is 10.6 Å². The van der Waals surface area contributed by atoms with Gasteiger partial charge in [0.1, 0.15) is 4.92 Å². The van der Waals surface area contributed by atoms with E-state index < -0.39 is 16.7 Å². The first-order valence-corrected chi connectivity index (χ1v) is 8.51. The van der Waals surface area contributed by atoms with Crippen LogP contribution in [0.15, 0.2) is 77.2 Å². The van der Waals surface area contributed by atoms with Crippen molar-refractivity contribution in [1.29, 1.82) is 0 Å². The van der Waals surface area contributed by atoms with Crippen molar-refractivity contribution in [3.05, 3.63) is 99.8 Å². The van der Waals surface area contributed by atoms with Crippen LogP contribution in [0, 0.1) is 10.1 Å². The van der Waals surface area contributed by atoms with Gasteiger partial charge < -0.3 is 15.1 Å². The van der Waals surface area contributed by atoms with Gasteiger partial charge in [0, 0.05) is 13.1 Å². The van der Waals surface area contributed by atoms with Crippen LogP contribution in [-0.2, 0) is 0 Å². The summed E-state index contributed by atoms with van der Waals surface area (Å²) in [7, 11) is 0. The zero-order chi connectivity index (χ0) is 19.1. The molecule has 0 spiro atoms. The van der Waals surface area contributed by atoms with Gasteiger partial charge >= 0.3 is 5.88 Å². The molecule has 0 aliphatic carbocycles. The van der Waals surface area contributed by atoms with Gasteiger partial charge in [-0.3, -0.25) is 14.9 Å². The molecule has 0 atom stereocenters. The van der Waals surface area contributed by atoms with Crippen LogP contribution in [0.2, 0.25) is 0 Å². The largest absolute Gasteiger partial charge is 0.433 e. The standard InChI is InChI=1S/C20H19N3O4/c24-20(17-11-12-18(27-17)23(25)26)22-14-13-21-19(15-7-3-1-4-8-15)16-9-5-2-6-10-16/h1-12,19,21H,13-14H2,(H,22,24). The second-order valence-electron chi connectivity index (χ2n) is 5.86. The lowest BCUT2D eigenvalue weighted by molar-refractivity contribution is -0.402. The molecule has 7 heteroatoms. The van der Waals surface area contributed by atoms with Gasteiger partial charge in [-0.15, -0.1) is 0 Å². The van der Waals surface area contributed by atoms with Crippen molar-refractivity contribution in [3.63, 3.8) is 0 Å². The number of carbonyl (C=O) groups excluding carboxylic acids is 1. The predicted octanol–water partition coefficient (Wildman–Crippen LogP) is 3.30. The van der Waals surface area contributed by atoms with Gasteiger partial charge in [0.25, 0.3) is 5.91 Å². The molecule has 0 radical (unpaired) electrons. The molecule has 0 aliphatic rings. The van der Waals surface area contributed by atoms with E-state index in [9.17, 15) is 14.9 Å². The summed E-state index contributed by atoms with van der Waals surface area (Å²) in [6, 6.07) is 22.5. The van der Waals surface area contributed by atoms with Gasteiger partial charge in [0.05, 0.1) is 12.1 Å². The van der Waals surface area contributed by atoms with Gasteiger partial charge in [0.15, 0.2) is 5.76 Å². The summed E-state index contributed by atoms with van der Waals surface area (Å²) in [5, 5.41) is 16.7. The predicted molar refractivity (Wildman–Crippen MR) is 100 cm³/mol. The number of furan rings is 1. The number of hydrogen-bond donors (Lipinski definition) is 2. The Morgan fingerprint density at radius 2 is 1.52 bits per heavy atom. The highest BCUT2D eigenvalue weighted by atomic mass is 16.6. The van der Waals surface area contributed by atoms with E-state index in [1.807, 2.05) is 60.7 Å². The molecular weight excluding hydrogens is 346 g/mol. The van der Waals surface area contributed by atoms with Crippen LogP contribution in [0.5, 0.6) is 0 Å². The summed E-state index contributed by atoms with van der Waals surface area (Å²) in [6.45, 7) is 0.868. The number of hydrogen-bond acceptors (Lipinski definition) is 5. The Balaban J connectivity index is 1.58. The Morgan fingerprint density at radius 3 is 2.04 bits per heavy atom. The lowest BCUT2D eigenvalue weighted by Gasteiger charge is -2.20. The van der Waals surface area contributed by atoms with E-state index in [4.69, 9.17) is 4.42 Å². The van der Waals surface area contributed by atoms with E-state index in [0.29, 0.717) is 13.1 Å². The molecule has 27 heavy (non-hydrogen) atoms. The fourth-order valence-electron chi connectivity index (χ4n) is 2.75. The van der Waals surface area contributed by atoms with E-state index in [2.05, 4.69) is 10.6 Å². The molecule has 7 nitrogen and oxygen atoms in total. The number of amides is 1. The minimum atomic E-state index is -0.678. The maximum Gasteiger partial charge on any atom is 0.433 e. The molecule has 3 aromatic rings. The highest BCUT2D eigenvalue weighted by molar-refractivity contribution is 5.91. The molecule has 1 amide bonds. The Hall–Kier alpha value is -3.45. The number of carbonyl (C=O) groups is 1. The second kappa shape index (κ2) is 8.77. The van der Waals surface area contributed by atoms with Crippen LogP contribution < -0.4 is 10.6 Å². The van der Waals surface area contributed by atoms with Crippen molar-refractivity contribution < 1.29 is 14.1 Å². The summed E-state index contributed by atoms with van der Waals surface area (Å²) in [4.78, 5) is 21.9. The van der Waals surface area contributed by atoms with Crippen molar-refractivity contribution in [2.24, 2.45) is 0 Å². The van der Waals surface area contributed by atoms with Crippen LogP contribution in [-0.4, -0.2) is 23.9 Å². The van der Waals surface area contributed by atoms with Gasteiger partial charge in [-0.25, -0.2) is 0 Å². The van der Waals surface area contributed by atoms with Crippen LogP contribution in [0.4, 0.5) is 5.88 Å². The summed E-state index contributed by atoms with van der Waals surface area (Å²) < 4.78 is 4.89. The average Bonchev–Trinajstić information content (AvgIpc) is 3.20. The molecule has 0 fully saturated rings. The van der Waals surface area contributed by atoms with Crippen molar-refractivity contribution in [3.8, 4) is 0 Å². The number of nitro groups is 1. The van der Waals surface area contributed by atoms with Gasteiger partial charge in [-0.2, -0.15) is 0 Å². The van der Waals surface area contributed by atoms with Crippen LogP contribution >= 0.6 is 0 Å².